The first kappa shape index (κ1) is 12.9. The van der Waals surface area contributed by atoms with E-state index in [2.05, 4.69) is 10.3 Å². The first-order valence-electron chi connectivity index (χ1n) is 5.79. The maximum atomic E-state index is 11.8. The Hall–Kier alpha value is -2.56. The van der Waals surface area contributed by atoms with Crippen molar-refractivity contribution in [3.63, 3.8) is 0 Å². The molecule has 0 saturated carbocycles. The van der Waals surface area contributed by atoms with Gasteiger partial charge in [-0.1, -0.05) is 12.1 Å². The van der Waals surface area contributed by atoms with Gasteiger partial charge in [0.05, 0.1) is 7.11 Å². The van der Waals surface area contributed by atoms with Gasteiger partial charge < -0.3 is 15.0 Å². The third kappa shape index (κ3) is 3.45. The highest BCUT2D eigenvalue weighted by molar-refractivity contribution is 5.92. The van der Waals surface area contributed by atoms with Gasteiger partial charge in [-0.15, -0.1) is 0 Å². The lowest BCUT2D eigenvalue weighted by atomic mass is 10.2. The predicted octanol–water partition coefficient (Wildman–Crippen LogP) is 1.31. The van der Waals surface area contributed by atoms with Crippen molar-refractivity contribution in [2.45, 2.75) is 6.54 Å². The lowest BCUT2D eigenvalue weighted by Crippen LogP contribution is -2.24. The minimum atomic E-state index is -0.312. The molecule has 5 nitrogen and oxygen atoms in total. The van der Waals surface area contributed by atoms with Gasteiger partial charge in [0.15, 0.2) is 5.43 Å². The van der Waals surface area contributed by atoms with Crippen LogP contribution >= 0.6 is 0 Å². The number of hydrogen-bond donors (Lipinski definition) is 2. The molecule has 0 aliphatic heterocycles. The molecule has 5 heteroatoms. The molecule has 0 aliphatic carbocycles. The van der Waals surface area contributed by atoms with Crippen molar-refractivity contribution >= 4 is 5.91 Å². The lowest BCUT2D eigenvalue weighted by molar-refractivity contribution is 0.0946. The minimum absolute atomic E-state index is 0.201. The summed E-state index contributed by atoms with van der Waals surface area (Å²) in [5, 5.41) is 2.73. The summed E-state index contributed by atoms with van der Waals surface area (Å²) in [4.78, 5) is 25.6. The molecule has 0 aliphatic rings. The van der Waals surface area contributed by atoms with Crippen LogP contribution in [-0.4, -0.2) is 18.0 Å². The van der Waals surface area contributed by atoms with Crippen LogP contribution in [0.3, 0.4) is 0 Å². The van der Waals surface area contributed by atoms with Crippen LogP contribution in [-0.2, 0) is 6.54 Å². The van der Waals surface area contributed by atoms with Crippen molar-refractivity contribution in [2.75, 3.05) is 7.11 Å². The zero-order valence-corrected chi connectivity index (χ0v) is 10.5. The Kier molecular flexibility index (Phi) is 3.97. The van der Waals surface area contributed by atoms with Crippen LogP contribution in [0.4, 0.5) is 0 Å². The van der Waals surface area contributed by atoms with E-state index in [9.17, 15) is 9.59 Å². The number of carbonyl (C=O) groups excluding carboxylic acids is 1. The molecule has 19 heavy (non-hydrogen) atoms. The summed E-state index contributed by atoms with van der Waals surface area (Å²) in [5.41, 5.74) is 1.00. The Labute approximate surface area is 110 Å². The molecular weight excluding hydrogens is 244 g/mol. The molecule has 1 heterocycles. The van der Waals surface area contributed by atoms with Crippen molar-refractivity contribution in [2.24, 2.45) is 0 Å². The fraction of sp³-hybridized carbons (Fsp3) is 0.143. The number of aromatic amines is 1. The van der Waals surface area contributed by atoms with E-state index in [0.717, 1.165) is 11.3 Å². The van der Waals surface area contributed by atoms with E-state index in [4.69, 9.17) is 4.74 Å². The maximum absolute atomic E-state index is 11.8. The van der Waals surface area contributed by atoms with Crippen LogP contribution in [0.2, 0.25) is 0 Å². The minimum Gasteiger partial charge on any atom is -0.497 e. The van der Waals surface area contributed by atoms with Crippen molar-refractivity contribution in [3.8, 4) is 5.75 Å². The van der Waals surface area contributed by atoms with E-state index in [1.165, 1.54) is 18.3 Å². The highest BCUT2D eigenvalue weighted by atomic mass is 16.5. The monoisotopic (exact) mass is 258 g/mol. The molecule has 0 unspecified atom stereocenters. The second-order valence-corrected chi connectivity index (χ2v) is 3.97. The number of methoxy groups -OCH3 is 1. The van der Waals surface area contributed by atoms with Crippen molar-refractivity contribution < 1.29 is 9.53 Å². The van der Waals surface area contributed by atoms with Gasteiger partial charge in [0, 0.05) is 24.9 Å². The smallest absolute Gasteiger partial charge is 0.268 e. The number of pyridine rings is 1. The second-order valence-electron chi connectivity index (χ2n) is 3.97. The molecule has 2 aromatic rings. The molecule has 0 fully saturated rings. The van der Waals surface area contributed by atoms with E-state index in [1.807, 2.05) is 24.3 Å². The molecule has 98 valence electrons. The Balaban J connectivity index is 1.98. The summed E-state index contributed by atoms with van der Waals surface area (Å²) < 4.78 is 5.05. The number of amides is 1. The molecule has 0 atom stereocenters. The molecular formula is C14H14N2O3. The Morgan fingerprint density at radius 1 is 1.26 bits per heavy atom. The summed E-state index contributed by atoms with van der Waals surface area (Å²) in [6, 6.07) is 10.0. The number of carbonyl (C=O) groups is 1. The van der Waals surface area contributed by atoms with Gasteiger partial charge in [-0.05, 0) is 17.7 Å². The molecule has 2 rings (SSSR count). The number of aromatic nitrogens is 1. The van der Waals surface area contributed by atoms with Gasteiger partial charge in [0.1, 0.15) is 11.4 Å². The van der Waals surface area contributed by atoms with Crippen LogP contribution in [0.25, 0.3) is 0 Å². The highest BCUT2D eigenvalue weighted by Gasteiger charge is 2.05. The first-order chi connectivity index (χ1) is 9.19. The fourth-order valence-electron chi connectivity index (χ4n) is 1.60. The van der Waals surface area contributed by atoms with Gasteiger partial charge in [0.2, 0.25) is 0 Å². The summed E-state index contributed by atoms with van der Waals surface area (Å²) in [7, 11) is 1.60. The number of hydrogen-bond acceptors (Lipinski definition) is 3. The lowest BCUT2D eigenvalue weighted by Gasteiger charge is -2.06. The average Bonchev–Trinajstić information content (AvgIpc) is 2.45. The Morgan fingerprint density at radius 3 is 2.63 bits per heavy atom. The zero-order valence-electron chi connectivity index (χ0n) is 10.5. The second kappa shape index (κ2) is 5.86. The third-order valence-electron chi connectivity index (χ3n) is 2.63. The van der Waals surface area contributed by atoms with E-state index in [0.29, 0.717) is 6.54 Å². The van der Waals surface area contributed by atoms with Gasteiger partial charge in [-0.25, -0.2) is 0 Å². The van der Waals surface area contributed by atoms with Gasteiger partial charge in [-0.2, -0.15) is 0 Å². The summed E-state index contributed by atoms with van der Waals surface area (Å²) in [6.07, 6.45) is 1.45. The number of benzene rings is 1. The van der Waals surface area contributed by atoms with Gasteiger partial charge in [0.25, 0.3) is 5.91 Å². The summed E-state index contributed by atoms with van der Waals surface area (Å²) >= 11 is 0. The van der Waals surface area contributed by atoms with Crippen LogP contribution < -0.4 is 15.5 Å². The number of ether oxygens (including phenoxy) is 1. The third-order valence-corrected chi connectivity index (χ3v) is 2.63. The van der Waals surface area contributed by atoms with Crippen molar-refractivity contribution in [1.82, 2.24) is 10.3 Å². The molecule has 1 aromatic carbocycles. The number of H-pyrrole nitrogens is 1. The van der Waals surface area contributed by atoms with E-state index < -0.39 is 0 Å². The van der Waals surface area contributed by atoms with Crippen LogP contribution in [0.15, 0.2) is 47.4 Å². The average molecular weight is 258 g/mol. The van der Waals surface area contributed by atoms with E-state index in [1.54, 1.807) is 7.11 Å². The molecule has 0 radical (unpaired) electrons. The van der Waals surface area contributed by atoms with Crippen molar-refractivity contribution in [1.29, 1.82) is 0 Å². The molecule has 1 amide bonds. The van der Waals surface area contributed by atoms with E-state index >= 15 is 0 Å². The molecule has 0 spiro atoms. The number of nitrogens with one attached hydrogen (secondary N) is 2. The predicted molar refractivity (Wildman–Crippen MR) is 71.2 cm³/mol. The largest absolute Gasteiger partial charge is 0.497 e. The van der Waals surface area contributed by atoms with E-state index in [-0.39, 0.29) is 17.0 Å². The highest BCUT2D eigenvalue weighted by Crippen LogP contribution is 2.10. The summed E-state index contributed by atoms with van der Waals surface area (Å²) in [6.45, 7) is 0.389. The molecule has 2 N–H and O–H groups in total. The van der Waals surface area contributed by atoms with Crippen LogP contribution in [0.5, 0.6) is 5.75 Å². The molecule has 1 aromatic heterocycles. The molecule has 0 bridgehead atoms. The van der Waals surface area contributed by atoms with Crippen LogP contribution in [0, 0.1) is 0 Å². The maximum Gasteiger partial charge on any atom is 0.268 e. The standard InChI is InChI=1S/C14H14N2O3/c1-19-12-4-2-10(3-5-12)9-16-14(18)13-8-11(17)6-7-15-13/h2-8H,9H2,1H3,(H,15,17)(H,16,18). The number of rotatable bonds is 4. The fourth-order valence-corrected chi connectivity index (χ4v) is 1.60. The van der Waals surface area contributed by atoms with Crippen molar-refractivity contribution in [3.05, 3.63) is 64.1 Å². The zero-order chi connectivity index (χ0) is 13.7. The SMILES string of the molecule is COc1ccc(CNC(=O)c2cc(=O)cc[nH]2)cc1. The molecule has 0 saturated heterocycles. The quantitative estimate of drug-likeness (QED) is 0.868. The first-order valence-corrected chi connectivity index (χ1v) is 5.79. The Morgan fingerprint density at radius 2 is 2.00 bits per heavy atom. The summed E-state index contributed by atoms with van der Waals surface area (Å²) in [5.74, 6) is 0.455. The normalized spacial score (nSPS) is 9.95. The van der Waals surface area contributed by atoms with Gasteiger partial charge in [-0.3, -0.25) is 9.59 Å². The van der Waals surface area contributed by atoms with Gasteiger partial charge >= 0.3 is 0 Å². The topological polar surface area (TPSA) is 71.2 Å². The van der Waals surface area contributed by atoms with Crippen LogP contribution in [0.1, 0.15) is 16.1 Å². The Bertz CT molecular complexity index is 617.